The lowest BCUT2D eigenvalue weighted by Crippen LogP contribution is -2.11. The van der Waals surface area contributed by atoms with Crippen LogP contribution in [-0.2, 0) is 0 Å². The highest BCUT2D eigenvalue weighted by atomic mass is 35.5. The molecule has 84 valence electrons. The highest BCUT2D eigenvalue weighted by Gasteiger charge is 2.08. The van der Waals surface area contributed by atoms with Crippen molar-refractivity contribution in [3.8, 4) is 5.75 Å². The Hall–Kier alpha value is -0.380. The third-order valence-corrected chi connectivity index (χ3v) is 3.19. The highest BCUT2D eigenvalue weighted by molar-refractivity contribution is 7.98. The zero-order valence-electron chi connectivity index (χ0n) is 9.00. The Morgan fingerprint density at radius 3 is 2.87 bits per heavy atom. The Balaban J connectivity index is 2.76. The van der Waals surface area contributed by atoms with Crippen LogP contribution in [0, 0.1) is 0 Å². The van der Waals surface area contributed by atoms with Crippen LogP contribution in [0.25, 0.3) is 0 Å². The number of ether oxygens (including phenoxy) is 1. The third kappa shape index (κ3) is 3.59. The molecule has 1 atom stereocenters. The molecule has 0 radical (unpaired) electrons. The van der Waals surface area contributed by atoms with E-state index in [4.69, 9.17) is 22.1 Å². The number of halogens is 1. The van der Waals surface area contributed by atoms with Crippen LogP contribution in [0.5, 0.6) is 5.75 Å². The van der Waals surface area contributed by atoms with E-state index in [-0.39, 0.29) is 6.04 Å². The molecule has 2 nitrogen and oxygen atoms in total. The maximum atomic E-state index is 6.04. The van der Waals surface area contributed by atoms with Crippen molar-refractivity contribution < 1.29 is 4.74 Å². The van der Waals surface area contributed by atoms with Gasteiger partial charge in [-0.2, -0.15) is 11.8 Å². The minimum Gasteiger partial charge on any atom is -0.495 e. The number of hydrogen-bond acceptors (Lipinski definition) is 3. The minimum atomic E-state index is 0.0589. The van der Waals surface area contributed by atoms with E-state index in [9.17, 15) is 0 Å². The fourth-order valence-electron chi connectivity index (χ4n) is 1.32. The van der Waals surface area contributed by atoms with Crippen LogP contribution in [0.4, 0.5) is 0 Å². The predicted octanol–water partition coefficient (Wildman–Crippen LogP) is 3.10. The zero-order valence-corrected chi connectivity index (χ0v) is 10.6. The molecule has 4 heteroatoms. The lowest BCUT2D eigenvalue weighted by atomic mass is 10.1. The number of methoxy groups -OCH3 is 1. The topological polar surface area (TPSA) is 35.2 Å². The normalized spacial score (nSPS) is 12.5. The number of nitrogens with two attached hydrogens (primary N) is 1. The molecule has 2 N–H and O–H groups in total. The van der Waals surface area contributed by atoms with E-state index in [0.29, 0.717) is 10.8 Å². The van der Waals surface area contributed by atoms with E-state index < -0.39 is 0 Å². The largest absolute Gasteiger partial charge is 0.495 e. The second-order valence-electron chi connectivity index (χ2n) is 3.28. The van der Waals surface area contributed by atoms with Gasteiger partial charge in [0.15, 0.2) is 0 Å². The van der Waals surface area contributed by atoms with E-state index in [1.807, 2.05) is 18.2 Å². The molecule has 0 spiro atoms. The molecule has 1 aromatic rings. The van der Waals surface area contributed by atoms with Crippen molar-refractivity contribution in [3.05, 3.63) is 28.8 Å². The Labute approximate surface area is 100 Å². The van der Waals surface area contributed by atoms with Gasteiger partial charge in [0.2, 0.25) is 0 Å². The summed E-state index contributed by atoms with van der Waals surface area (Å²) in [5, 5.41) is 0.623. The average molecular weight is 246 g/mol. The van der Waals surface area contributed by atoms with E-state index in [1.54, 1.807) is 18.9 Å². The van der Waals surface area contributed by atoms with Gasteiger partial charge in [0, 0.05) is 6.04 Å². The van der Waals surface area contributed by atoms with Gasteiger partial charge in [-0.05, 0) is 36.1 Å². The van der Waals surface area contributed by atoms with Gasteiger partial charge in [0.25, 0.3) is 0 Å². The van der Waals surface area contributed by atoms with Gasteiger partial charge < -0.3 is 10.5 Å². The van der Waals surface area contributed by atoms with Crippen molar-refractivity contribution in [1.82, 2.24) is 0 Å². The fourth-order valence-corrected chi connectivity index (χ4v) is 2.00. The molecule has 0 fully saturated rings. The van der Waals surface area contributed by atoms with Gasteiger partial charge >= 0.3 is 0 Å². The second-order valence-corrected chi connectivity index (χ2v) is 4.67. The molecule has 0 aromatic heterocycles. The van der Waals surface area contributed by atoms with E-state index in [2.05, 4.69) is 6.26 Å². The molecule has 1 rings (SSSR count). The number of rotatable bonds is 5. The summed E-state index contributed by atoms with van der Waals surface area (Å²) in [6.07, 6.45) is 3.04. The first-order valence-electron chi connectivity index (χ1n) is 4.77. The van der Waals surface area contributed by atoms with E-state index in [1.165, 1.54) is 0 Å². The van der Waals surface area contributed by atoms with Crippen molar-refractivity contribution >= 4 is 23.4 Å². The molecule has 0 aliphatic rings. The molecule has 0 aliphatic heterocycles. The molecule has 0 saturated heterocycles. The molecule has 0 saturated carbocycles. The fraction of sp³-hybridized carbons (Fsp3) is 0.455. The Bertz CT molecular complexity index is 319. The molecular formula is C11H16ClNOS. The van der Waals surface area contributed by atoms with Crippen molar-refractivity contribution in [2.45, 2.75) is 12.5 Å². The van der Waals surface area contributed by atoms with Gasteiger partial charge in [0.1, 0.15) is 5.75 Å². The van der Waals surface area contributed by atoms with Gasteiger partial charge in [-0.3, -0.25) is 0 Å². The Morgan fingerprint density at radius 2 is 2.27 bits per heavy atom. The SMILES string of the molecule is COc1cc(C(N)CCSC)ccc1Cl. The standard InChI is InChI=1S/C11H16ClNOS/c1-14-11-7-8(3-4-9(11)12)10(13)5-6-15-2/h3-4,7,10H,5-6,13H2,1-2H3. The van der Waals surface area contributed by atoms with Crippen LogP contribution >= 0.6 is 23.4 Å². The van der Waals surface area contributed by atoms with E-state index in [0.717, 1.165) is 17.7 Å². The molecule has 0 heterocycles. The molecule has 1 aromatic carbocycles. The zero-order chi connectivity index (χ0) is 11.3. The molecule has 0 aliphatic carbocycles. The molecule has 0 bridgehead atoms. The lowest BCUT2D eigenvalue weighted by Gasteiger charge is -2.13. The minimum absolute atomic E-state index is 0.0589. The van der Waals surface area contributed by atoms with Crippen molar-refractivity contribution in [1.29, 1.82) is 0 Å². The molecule has 15 heavy (non-hydrogen) atoms. The van der Waals surface area contributed by atoms with E-state index >= 15 is 0 Å². The smallest absolute Gasteiger partial charge is 0.137 e. The van der Waals surface area contributed by atoms with Gasteiger partial charge in [-0.15, -0.1) is 0 Å². The van der Waals surface area contributed by atoms with Gasteiger partial charge in [-0.25, -0.2) is 0 Å². The van der Waals surface area contributed by atoms with Crippen LogP contribution in [0.15, 0.2) is 18.2 Å². The van der Waals surface area contributed by atoms with Crippen molar-refractivity contribution in [2.24, 2.45) is 5.73 Å². The van der Waals surface area contributed by atoms with Gasteiger partial charge in [-0.1, -0.05) is 17.7 Å². The van der Waals surface area contributed by atoms with Crippen LogP contribution < -0.4 is 10.5 Å². The number of thioether (sulfide) groups is 1. The summed E-state index contributed by atoms with van der Waals surface area (Å²) in [6, 6.07) is 5.75. The lowest BCUT2D eigenvalue weighted by molar-refractivity contribution is 0.414. The van der Waals surface area contributed by atoms with Crippen molar-refractivity contribution in [2.75, 3.05) is 19.1 Å². The summed E-state index contributed by atoms with van der Waals surface area (Å²) in [6.45, 7) is 0. The summed E-state index contributed by atoms with van der Waals surface area (Å²) < 4.78 is 5.15. The van der Waals surface area contributed by atoms with Crippen LogP contribution in [0.3, 0.4) is 0 Å². The third-order valence-electron chi connectivity index (χ3n) is 2.24. The van der Waals surface area contributed by atoms with Crippen LogP contribution in [-0.4, -0.2) is 19.1 Å². The Morgan fingerprint density at radius 1 is 1.53 bits per heavy atom. The molecular weight excluding hydrogens is 230 g/mol. The maximum Gasteiger partial charge on any atom is 0.137 e. The first kappa shape index (κ1) is 12.7. The first-order valence-corrected chi connectivity index (χ1v) is 6.54. The summed E-state index contributed by atoms with van der Waals surface area (Å²) in [7, 11) is 1.61. The number of hydrogen-bond donors (Lipinski definition) is 1. The van der Waals surface area contributed by atoms with Gasteiger partial charge in [0.05, 0.1) is 12.1 Å². The highest BCUT2D eigenvalue weighted by Crippen LogP contribution is 2.28. The van der Waals surface area contributed by atoms with Crippen molar-refractivity contribution in [3.63, 3.8) is 0 Å². The summed E-state index contributed by atoms with van der Waals surface area (Å²) in [4.78, 5) is 0. The first-order chi connectivity index (χ1) is 7.19. The van der Waals surface area contributed by atoms with Crippen LogP contribution in [0.2, 0.25) is 5.02 Å². The predicted molar refractivity (Wildman–Crippen MR) is 67.9 cm³/mol. The number of benzene rings is 1. The molecule has 1 unspecified atom stereocenters. The summed E-state index contributed by atoms with van der Waals surface area (Å²) in [5.41, 5.74) is 7.12. The monoisotopic (exact) mass is 245 g/mol. The average Bonchev–Trinajstić information content (AvgIpc) is 2.26. The quantitative estimate of drug-likeness (QED) is 0.866. The second kappa shape index (κ2) is 6.26. The molecule has 0 amide bonds. The van der Waals surface area contributed by atoms with Crippen LogP contribution in [0.1, 0.15) is 18.0 Å². The summed E-state index contributed by atoms with van der Waals surface area (Å²) >= 11 is 7.74. The maximum absolute atomic E-state index is 6.04. The summed E-state index contributed by atoms with van der Waals surface area (Å²) in [5.74, 6) is 1.75. The Kier molecular flexibility index (Phi) is 5.29.